The maximum absolute atomic E-state index is 12.7. The average Bonchev–Trinajstić information content (AvgIpc) is 2.67. The van der Waals surface area contributed by atoms with E-state index < -0.39 is 17.6 Å². The highest BCUT2D eigenvalue weighted by Gasteiger charge is 2.32. The van der Waals surface area contributed by atoms with Crippen molar-refractivity contribution < 1.29 is 18.0 Å². The summed E-state index contributed by atoms with van der Waals surface area (Å²) >= 11 is 0. The summed E-state index contributed by atoms with van der Waals surface area (Å²) in [6.07, 6.45) is -4.40. The Bertz CT molecular complexity index is 670. The minimum Gasteiger partial charge on any atom is -0.322 e. The maximum atomic E-state index is 12.7. The fraction of sp³-hybridized carbons (Fsp3) is 0.286. The lowest BCUT2D eigenvalue weighted by Crippen LogP contribution is -2.14. The predicted octanol–water partition coefficient (Wildman–Crippen LogP) is 3.61. The van der Waals surface area contributed by atoms with Crippen LogP contribution >= 0.6 is 0 Å². The number of anilines is 1. The molecule has 1 amide bonds. The molecule has 0 fully saturated rings. The molecular weight excluding hydrogens is 283 g/mol. The number of H-pyrrole nitrogens is 1. The van der Waals surface area contributed by atoms with E-state index in [9.17, 15) is 18.0 Å². The van der Waals surface area contributed by atoms with Crippen LogP contribution in [0.25, 0.3) is 0 Å². The Morgan fingerprint density at radius 2 is 1.90 bits per heavy atom. The van der Waals surface area contributed by atoms with Crippen LogP contribution in [0.4, 0.5) is 18.9 Å². The van der Waals surface area contributed by atoms with Gasteiger partial charge in [-0.05, 0) is 44.5 Å². The molecule has 21 heavy (non-hydrogen) atoms. The number of carbonyl (C=O) groups excluding carboxylic acids is 1. The second-order valence-corrected chi connectivity index (χ2v) is 4.79. The summed E-state index contributed by atoms with van der Waals surface area (Å²) in [6, 6.07) is 3.49. The zero-order valence-electron chi connectivity index (χ0n) is 11.7. The largest absolute Gasteiger partial charge is 0.416 e. The summed E-state index contributed by atoms with van der Waals surface area (Å²) in [5.74, 6) is -0.405. The van der Waals surface area contributed by atoms with Crippen LogP contribution in [0.1, 0.15) is 32.9 Å². The van der Waals surface area contributed by atoms with Gasteiger partial charge in [0, 0.05) is 11.4 Å². The molecule has 0 unspecified atom stereocenters. The number of carbonyl (C=O) groups is 1. The first-order valence-corrected chi connectivity index (χ1v) is 6.21. The van der Waals surface area contributed by atoms with Gasteiger partial charge in [0.05, 0.1) is 16.8 Å². The third-order valence-electron chi connectivity index (χ3n) is 3.14. The number of aromatic amines is 1. The molecule has 0 aliphatic carbocycles. The second kappa shape index (κ2) is 5.23. The van der Waals surface area contributed by atoms with Crippen LogP contribution in [0.5, 0.6) is 0 Å². The van der Waals surface area contributed by atoms with Crippen molar-refractivity contribution in [2.24, 2.45) is 0 Å². The van der Waals surface area contributed by atoms with Crippen LogP contribution in [0.3, 0.4) is 0 Å². The number of rotatable bonds is 2. The van der Waals surface area contributed by atoms with Crippen molar-refractivity contribution in [2.75, 3.05) is 5.32 Å². The summed E-state index contributed by atoms with van der Waals surface area (Å²) in [5.41, 5.74) is 1.19. The van der Waals surface area contributed by atoms with Crippen LogP contribution in [0.2, 0.25) is 0 Å². The Labute approximate surface area is 119 Å². The summed E-state index contributed by atoms with van der Waals surface area (Å²) in [6.45, 7) is 4.73. The fourth-order valence-electron chi connectivity index (χ4n) is 2.14. The van der Waals surface area contributed by atoms with Gasteiger partial charge < -0.3 is 5.32 Å². The average molecular weight is 297 g/mol. The number of aromatic nitrogens is 2. The van der Waals surface area contributed by atoms with Gasteiger partial charge in [-0.1, -0.05) is 0 Å². The zero-order valence-corrected chi connectivity index (χ0v) is 11.7. The quantitative estimate of drug-likeness (QED) is 0.889. The van der Waals surface area contributed by atoms with Crippen LogP contribution in [0.15, 0.2) is 18.2 Å². The monoisotopic (exact) mass is 297 g/mol. The van der Waals surface area contributed by atoms with Gasteiger partial charge in [-0.15, -0.1) is 0 Å². The van der Waals surface area contributed by atoms with E-state index in [1.807, 2.05) is 0 Å². The molecule has 0 saturated heterocycles. The molecule has 0 saturated carbocycles. The smallest absolute Gasteiger partial charge is 0.322 e. The molecule has 0 bridgehead atoms. The van der Waals surface area contributed by atoms with E-state index in [1.165, 1.54) is 19.1 Å². The van der Waals surface area contributed by atoms with E-state index in [0.717, 1.165) is 6.07 Å². The van der Waals surface area contributed by atoms with Gasteiger partial charge in [0.1, 0.15) is 0 Å². The first kappa shape index (κ1) is 15.1. The van der Waals surface area contributed by atoms with Crippen molar-refractivity contribution in [3.63, 3.8) is 0 Å². The Kier molecular flexibility index (Phi) is 3.76. The predicted molar refractivity (Wildman–Crippen MR) is 72.2 cm³/mol. The number of halogens is 3. The molecule has 0 radical (unpaired) electrons. The molecule has 112 valence electrons. The molecule has 2 aromatic rings. The lowest BCUT2D eigenvalue weighted by molar-refractivity contribution is -0.138. The first-order valence-electron chi connectivity index (χ1n) is 6.21. The summed E-state index contributed by atoms with van der Waals surface area (Å²) in [5, 5.41) is 9.17. The molecule has 4 nitrogen and oxygen atoms in total. The van der Waals surface area contributed by atoms with Crippen LogP contribution < -0.4 is 5.32 Å². The number of benzene rings is 1. The first-order chi connectivity index (χ1) is 9.70. The van der Waals surface area contributed by atoms with Crippen molar-refractivity contribution >= 4 is 11.6 Å². The molecule has 7 heteroatoms. The van der Waals surface area contributed by atoms with Crippen LogP contribution in [0, 0.1) is 20.8 Å². The Morgan fingerprint density at radius 1 is 1.24 bits per heavy atom. The number of aryl methyl sites for hydroxylation is 3. The van der Waals surface area contributed by atoms with E-state index in [2.05, 4.69) is 15.5 Å². The van der Waals surface area contributed by atoms with Gasteiger partial charge in [0.25, 0.3) is 5.91 Å². The molecule has 0 aliphatic rings. The van der Waals surface area contributed by atoms with E-state index >= 15 is 0 Å². The highest BCUT2D eigenvalue weighted by atomic mass is 19.4. The molecule has 1 heterocycles. The third-order valence-corrected chi connectivity index (χ3v) is 3.14. The number of hydrogen-bond donors (Lipinski definition) is 2. The molecule has 1 aromatic carbocycles. The van der Waals surface area contributed by atoms with Crippen molar-refractivity contribution in [3.05, 3.63) is 46.3 Å². The number of nitrogens with one attached hydrogen (secondary N) is 2. The van der Waals surface area contributed by atoms with Crippen molar-refractivity contribution in [1.29, 1.82) is 0 Å². The number of amides is 1. The Balaban J connectivity index is 2.25. The van der Waals surface area contributed by atoms with Gasteiger partial charge in [-0.2, -0.15) is 18.3 Å². The maximum Gasteiger partial charge on any atom is 0.416 e. The molecule has 0 aliphatic heterocycles. The minimum absolute atomic E-state index is 0.0564. The summed E-state index contributed by atoms with van der Waals surface area (Å²) < 4.78 is 38.0. The molecular formula is C14H14F3N3O. The fourth-order valence-corrected chi connectivity index (χ4v) is 2.14. The molecule has 0 spiro atoms. The topological polar surface area (TPSA) is 57.8 Å². The lowest BCUT2D eigenvalue weighted by Gasteiger charge is -2.12. The minimum atomic E-state index is -4.40. The highest BCUT2D eigenvalue weighted by Crippen LogP contribution is 2.33. The molecule has 1 aromatic heterocycles. The summed E-state index contributed by atoms with van der Waals surface area (Å²) in [7, 11) is 0. The molecule has 0 atom stereocenters. The molecule has 2 rings (SSSR count). The number of hydrogen-bond acceptors (Lipinski definition) is 2. The van der Waals surface area contributed by atoms with Gasteiger partial charge in [-0.3, -0.25) is 9.89 Å². The number of alkyl halides is 3. The van der Waals surface area contributed by atoms with Crippen molar-refractivity contribution in [3.8, 4) is 0 Å². The van der Waals surface area contributed by atoms with Crippen molar-refractivity contribution in [2.45, 2.75) is 26.9 Å². The van der Waals surface area contributed by atoms with E-state index in [4.69, 9.17) is 0 Å². The van der Waals surface area contributed by atoms with E-state index in [1.54, 1.807) is 13.8 Å². The van der Waals surface area contributed by atoms with Gasteiger partial charge in [0.2, 0.25) is 0 Å². The number of nitrogens with zero attached hydrogens (tertiary/aromatic N) is 1. The van der Waals surface area contributed by atoms with Gasteiger partial charge in [0.15, 0.2) is 0 Å². The van der Waals surface area contributed by atoms with Crippen molar-refractivity contribution in [1.82, 2.24) is 10.2 Å². The Hall–Kier alpha value is -2.31. The summed E-state index contributed by atoms with van der Waals surface area (Å²) in [4.78, 5) is 12.1. The SMILES string of the molecule is Cc1cc(NC(=O)c2c(C)n[nH]c2C)ccc1C(F)(F)F. The Morgan fingerprint density at radius 3 is 2.38 bits per heavy atom. The second-order valence-electron chi connectivity index (χ2n) is 4.79. The highest BCUT2D eigenvalue weighted by molar-refractivity contribution is 6.05. The van der Waals surface area contributed by atoms with Crippen LogP contribution in [-0.4, -0.2) is 16.1 Å². The normalized spacial score (nSPS) is 11.5. The van der Waals surface area contributed by atoms with Gasteiger partial charge in [-0.25, -0.2) is 0 Å². The van der Waals surface area contributed by atoms with E-state index in [0.29, 0.717) is 22.6 Å². The van der Waals surface area contributed by atoms with E-state index in [-0.39, 0.29) is 5.56 Å². The lowest BCUT2D eigenvalue weighted by atomic mass is 10.1. The van der Waals surface area contributed by atoms with Crippen LogP contribution in [-0.2, 0) is 6.18 Å². The standard InChI is InChI=1S/C14H14F3N3O/c1-7-6-10(4-5-11(7)14(15,16)17)18-13(21)12-8(2)19-20-9(12)3/h4-6H,1-3H3,(H,18,21)(H,19,20). The zero-order chi connectivity index (χ0) is 15.8. The molecule has 2 N–H and O–H groups in total. The third kappa shape index (κ3) is 3.07. The van der Waals surface area contributed by atoms with Gasteiger partial charge >= 0.3 is 6.18 Å².